The van der Waals surface area contributed by atoms with Gasteiger partial charge >= 0.3 is 6.18 Å². The molecule has 154 valence electrons. The van der Waals surface area contributed by atoms with Gasteiger partial charge in [-0.15, -0.1) is 0 Å². The third kappa shape index (κ3) is 4.47. The number of benzene rings is 2. The minimum Gasteiger partial charge on any atom is -0.373 e. The normalized spacial score (nSPS) is 16.7. The number of hydrogen-bond donors (Lipinski definition) is 1. The average Bonchev–Trinajstić information content (AvgIpc) is 2.80. The number of fused-ring (bicyclic) bond motifs is 1. The number of nitro benzene ring substituents is 1. The highest BCUT2D eigenvalue weighted by atomic mass is 19.4. The monoisotopic (exact) mass is 411 g/mol. The van der Waals surface area contributed by atoms with E-state index in [9.17, 15) is 32.5 Å². The molecule has 0 aromatic heterocycles. The number of nitro groups is 1. The van der Waals surface area contributed by atoms with E-state index in [0.717, 1.165) is 12.1 Å². The Kier molecular flexibility index (Phi) is 5.45. The van der Waals surface area contributed by atoms with Gasteiger partial charge in [-0.1, -0.05) is 6.07 Å². The fraction of sp³-hybridized carbons (Fsp3) is 0.316. The lowest BCUT2D eigenvalue weighted by atomic mass is 9.98. The molecular weight excluding hydrogens is 394 g/mol. The van der Waals surface area contributed by atoms with Gasteiger partial charge < -0.3 is 10.2 Å². The molecule has 1 N–H and O–H groups in total. The lowest BCUT2D eigenvalue weighted by Crippen LogP contribution is -2.28. The van der Waals surface area contributed by atoms with Crippen molar-refractivity contribution in [2.24, 2.45) is 0 Å². The van der Waals surface area contributed by atoms with Crippen LogP contribution in [0, 0.1) is 15.9 Å². The molecule has 0 aliphatic carbocycles. The lowest BCUT2D eigenvalue weighted by molar-refractivity contribution is -0.384. The van der Waals surface area contributed by atoms with Crippen LogP contribution in [0.25, 0.3) is 0 Å². The van der Waals surface area contributed by atoms with Gasteiger partial charge in [0.15, 0.2) is 0 Å². The predicted octanol–water partition coefficient (Wildman–Crippen LogP) is 4.66. The Labute approximate surface area is 163 Å². The van der Waals surface area contributed by atoms with Crippen molar-refractivity contribution in [3.05, 3.63) is 69.0 Å². The van der Waals surface area contributed by atoms with Gasteiger partial charge in [-0.3, -0.25) is 14.9 Å². The van der Waals surface area contributed by atoms with Crippen LogP contribution in [0.2, 0.25) is 0 Å². The number of anilines is 1. The molecule has 1 unspecified atom stereocenters. The van der Waals surface area contributed by atoms with Gasteiger partial charge in [0.25, 0.3) is 5.69 Å². The predicted molar refractivity (Wildman–Crippen MR) is 96.6 cm³/mol. The maximum atomic E-state index is 13.7. The van der Waals surface area contributed by atoms with Crippen LogP contribution >= 0.6 is 0 Å². The summed E-state index contributed by atoms with van der Waals surface area (Å²) in [7, 11) is 0. The molecule has 0 fully saturated rings. The van der Waals surface area contributed by atoms with E-state index in [1.807, 2.05) is 0 Å². The zero-order chi connectivity index (χ0) is 21.3. The maximum absolute atomic E-state index is 13.7. The summed E-state index contributed by atoms with van der Waals surface area (Å²) in [4.78, 5) is 23.8. The van der Waals surface area contributed by atoms with Gasteiger partial charge in [-0.05, 0) is 41.8 Å². The molecule has 1 aliphatic rings. The second-order valence-corrected chi connectivity index (χ2v) is 6.76. The smallest absolute Gasteiger partial charge is 0.373 e. The highest BCUT2D eigenvalue weighted by molar-refractivity contribution is 5.73. The summed E-state index contributed by atoms with van der Waals surface area (Å²) >= 11 is 0. The molecule has 0 saturated carbocycles. The highest BCUT2D eigenvalue weighted by Gasteiger charge is 2.33. The fourth-order valence-corrected chi connectivity index (χ4v) is 3.36. The van der Waals surface area contributed by atoms with Crippen molar-refractivity contribution in [3.63, 3.8) is 0 Å². The molecule has 1 amide bonds. The fourth-order valence-electron chi connectivity index (χ4n) is 3.36. The quantitative estimate of drug-likeness (QED) is 0.453. The Morgan fingerprint density at radius 2 is 1.97 bits per heavy atom. The Hall–Kier alpha value is -3.17. The molecule has 29 heavy (non-hydrogen) atoms. The number of alkyl halides is 3. The molecule has 0 saturated heterocycles. The molecule has 1 atom stereocenters. The first-order valence-corrected chi connectivity index (χ1v) is 8.72. The van der Waals surface area contributed by atoms with Crippen molar-refractivity contribution in [2.75, 3.05) is 11.9 Å². The average molecular weight is 411 g/mol. The van der Waals surface area contributed by atoms with E-state index in [2.05, 4.69) is 5.32 Å². The number of carbonyl (C=O) groups excluding carboxylic acids is 1. The van der Waals surface area contributed by atoms with Crippen molar-refractivity contribution >= 4 is 17.3 Å². The molecule has 2 aromatic carbocycles. The molecular formula is C19H17F4N3O3. The summed E-state index contributed by atoms with van der Waals surface area (Å²) < 4.78 is 52.5. The number of amides is 1. The number of rotatable bonds is 3. The van der Waals surface area contributed by atoms with Gasteiger partial charge in [0.2, 0.25) is 5.91 Å². The second-order valence-electron chi connectivity index (χ2n) is 6.76. The number of nitrogens with zero attached hydrogens (tertiary/aromatic N) is 2. The van der Waals surface area contributed by atoms with Crippen molar-refractivity contribution in [3.8, 4) is 0 Å². The van der Waals surface area contributed by atoms with Crippen molar-refractivity contribution in [1.82, 2.24) is 4.90 Å². The van der Waals surface area contributed by atoms with Crippen LogP contribution in [0.1, 0.15) is 36.1 Å². The van der Waals surface area contributed by atoms with Crippen LogP contribution in [0.15, 0.2) is 36.4 Å². The standard InChI is InChI=1S/C19H17F4N3O3/c1-11(27)25-7-6-16(15-4-3-14(20)8-12(15)10-25)24-17-5-2-13(19(21,22)23)9-18(17)26(28)29/h2-5,8-9,16,24H,6-7,10H2,1H3. The number of halogens is 4. The minimum absolute atomic E-state index is 0.0837. The summed E-state index contributed by atoms with van der Waals surface area (Å²) in [6, 6.07) is 5.74. The van der Waals surface area contributed by atoms with Gasteiger partial charge in [0.05, 0.1) is 16.5 Å². The first-order valence-electron chi connectivity index (χ1n) is 8.72. The molecule has 3 rings (SSSR count). The Morgan fingerprint density at radius 3 is 2.59 bits per heavy atom. The van der Waals surface area contributed by atoms with E-state index >= 15 is 0 Å². The number of hydrogen-bond acceptors (Lipinski definition) is 4. The van der Waals surface area contributed by atoms with Crippen LogP contribution in [0.4, 0.5) is 28.9 Å². The van der Waals surface area contributed by atoms with Crippen molar-refractivity contribution in [2.45, 2.75) is 32.1 Å². The lowest BCUT2D eigenvalue weighted by Gasteiger charge is -2.21. The van der Waals surface area contributed by atoms with E-state index in [4.69, 9.17) is 0 Å². The zero-order valence-corrected chi connectivity index (χ0v) is 15.3. The van der Waals surface area contributed by atoms with Gasteiger partial charge in [-0.25, -0.2) is 4.39 Å². The summed E-state index contributed by atoms with van der Waals surface area (Å²) in [5.41, 5.74) is -0.759. The van der Waals surface area contributed by atoms with Crippen LogP contribution < -0.4 is 5.32 Å². The number of nitrogens with one attached hydrogen (secondary N) is 1. The van der Waals surface area contributed by atoms with E-state index in [1.165, 1.54) is 30.0 Å². The highest BCUT2D eigenvalue weighted by Crippen LogP contribution is 2.38. The molecule has 2 aromatic rings. The van der Waals surface area contributed by atoms with Crippen molar-refractivity contribution in [1.29, 1.82) is 0 Å². The Balaban J connectivity index is 2.00. The molecule has 0 radical (unpaired) electrons. The van der Waals surface area contributed by atoms with Crippen LogP contribution in [0.3, 0.4) is 0 Å². The molecule has 1 heterocycles. The maximum Gasteiger partial charge on any atom is 0.416 e. The topological polar surface area (TPSA) is 75.5 Å². The summed E-state index contributed by atoms with van der Waals surface area (Å²) in [5.74, 6) is -0.699. The first-order chi connectivity index (χ1) is 13.6. The summed E-state index contributed by atoms with van der Waals surface area (Å²) in [6.07, 6.45) is -4.37. The van der Waals surface area contributed by atoms with Gasteiger partial charge in [0.1, 0.15) is 11.5 Å². The van der Waals surface area contributed by atoms with E-state index in [1.54, 1.807) is 0 Å². The SMILES string of the molecule is CC(=O)N1CCC(Nc2ccc(C(F)(F)F)cc2[N+](=O)[O-])c2ccc(F)cc2C1. The van der Waals surface area contributed by atoms with Crippen LogP contribution in [-0.2, 0) is 17.5 Å². The van der Waals surface area contributed by atoms with E-state index in [-0.39, 0.29) is 18.1 Å². The molecule has 1 aliphatic heterocycles. The number of carbonyl (C=O) groups is 1. The van der Waals surface area contributed by atoms with E-state index in [0.29, 0.717) is 30.2 Å². The first kappa shape index (κ1) is 20.6. The largest absolute Gasteiger partial charge is 0.416 e. The van der Waals surface area contributed by atoms with E-state index < -0.39 is 34.2 Å². The van der Waals surface area contributed by atoms with Crippen molar-refractivity contribution < 1.29 is 27.3 Å². The zero-order valence-electron chi connectivity index (χ0n) is 15.3. The minimum atomic E-state index is -4.71. The van der Waals surface area contributed by atoms with Gasteiger partial charge in [-0.2, -0.15) is 13.2 Å². The molecule has 0 bridgehead atoms. The molecule has 0 spiro atoms. The summed E-state index contributed by atoms with van der Waals surface area (Å²) in [6.45, 7) is 1.86. The van der Waals surface area contributed by atoms with Crippen LogP contribution in [-0.4, -0.2) is 22.3 Å². The Morgan fingerprint density at radius 1 is 1.24 bits per heavy atom. The van der Waals surface area contributed by atoms with Gasteiger partial charge in [0, 0.05) is 26.1 Å². The Bertz CT molecular complexity index is 962. The second kappa shape index (κ2) is 7.69. The third-order valence-electron chi connectivity index (χ3n) is 4.83. The summed E-state index contributed by atoms with van der Waals surface area (Å²) in [5, 5.41) is 14.3. The molecule has 10 heteroatoms. The third-order valence-corrected chi connectivity index (χ3v) is 4.83. The molecule has 6 nitrogen and oxygen atoms in total. The van der Waals surface area contributed by atoms with Crippen LogP contribution in [0.5, 0.6) is 0 Å².